The van der Waals surface area contributed by atoms with Gasteiger partial charge in [-0.15, -0.1) is 0 Å². The molecule has 30 heavy (non-hydrogen) atoms. The van der Waals surface area contributed by atoms with Gasteiger partial charge in [-0.05, 0) is 19.8 Å². The third-order valence-electron chi connectivity index (χ3n) is 6.72. The van der Waals surface area contributed by atoms with Gasteiger partial charge in [0.1, 0.15) is 23.3 Å². The van der Waals surface area contributed by atoms with Crippen molar-refractivity contribution in [1.29, 1.82) is 0 Å². The summed E-state index contributed by atoms with van der Waals surface area (Å²) in [5, 5.41) is 0. The molecule has 5 fully saturated rings. The van der Waals surface area contributed by atoms with Crippen LogP contribution in [0.15, 0.2) is 0 Å². The summed E-state index contributed by atoms with van der Waals surface area (Å²) in [6, 6.07) is -0.222. The maximum atomic E-state index is 13.6. The molecule has 9 heteroatoms. The standard InChI is InChI=1S/C21H32N2O7/c1-20(30-12-17-11-29-17,14-26-8-16-10-28-16)13-22-18(24)21(5-3-2-4-6-21)23(19(22)25)7-15-9-27-15/h15-17H,2-14H2,1H3. The zero-order chi connectivity index (χ0) is 20.8. The molecule has 0 aromatic rings. The molecule has 4 heterocycles. The molecule has 5 aliphatic rings. The average molecular weight is 424 g/mol. The molecule has 0 N–H and O–H groups in total. The highest BCUT2D eigenvalue weighted by Crippen LogP contribution is 2.42. The summed E-state index contributed by atoms with van der Waals surface area (Å²) < 4.78 is 27.8. The summed E-state index contributed by atoms with van der Waals surface area (Å²) >= 11 is 0. The van der Waals surface area contributed by atoms with Crippen LogP contribution in [-0.2, 0) is 28.5 Å². The zero-order valence-corrected chi connectivity index (χ0v) is 17.7. The Hall–Kier alpha value is -1.26. The van der Waals surface area contributed by atoms with E-state index in [0.29, 0.717) is 33.0 Å². The summed E-state index contributed by atoms with van der Waals surface area (Å²) in [5.74, 6) is -0.0872. The number of carbonyl (C=O) groups is 2. The van der Waals surface area contributed by atoms with Crippen LogP contribution in [0.2, 0.25) is 0 Å². The predicted octanol–water partition coefficient (Wildman–Crippen LogP) is 0.942. The van der Waals surface area contributed by atoms with Crippen LogP contribution in [0.4, 0.5) is 4.79 Å². The third-order valence-corrected chi connectivity index (χ3v) is 6.72. The highest BCUT2D eigenvalue weighted by Gasteiger charge is 2.59. The summed E-state index contributed by atoms with van der Waals surface area (Å²) in [6.07, 6.45) is 4.78. The number of urea groups is 1. The van der Waals surface area contributed by atoms with Gasteiger partial charge in [0.15, 0.2) is 0 Å². The SMILES string of the molecule is CC(COCC1CO1)(CN1C(=O)N(CC2CO2)C2(CCCCC2)C1=O)OCC1CO1. The molecule has 1 aliphatic carbocycles. The molecule has 0 bridgehead atoms. The molecule has 0 aromatic carbocycles. The van der Waals surface area contributed by atoms with Crippen LogP contribution in [0, 0.1) is 0 Å². The first-order valence-electron chi connectivity index (χ1n) is 11.2. The fourth-order valence-corrected chi connectivity index (χ4v) is 4.67. The van der Waals surface area contributed by atoms with Crippen LogP contribution < -0.4 is 0 Å². The van der Waals surface area contributed by atoms with Gasteiger partial charge in [0.2, 0.25) is 0 Å². The van der Waals surface area contributed by atoms with E-state index in [-0.39, 0.29) is 43.4 Å². The van der Waals surface area contributed by atoms with Gasteiger partial charge >= 0.3 is 6.03 Å². The smallest absolute Gasteiger partial charge is 0.327 e. The first-order chi connectivity index (χ1) is 14.5. The molecule has 4 unspecified atom stereocenters. The van der Waals surface area contributed by atoms with E-state index in [1.54, 1.807) is 4.90 Å². The lowest BCUT2D eigenvalue weighted by Crippen LogP contribution is -2.52. The number of ether oxygens (including phenoxy) is 5. The minimum Gasteiger partial charge on any atom is -0.376 e. The Balaban J connectivity index is 1.31. The van der Waals surface area contributed by atoms with Crippen LogP contribution in [0.25, 0.3) is 0 Å². The van der Waals surface area contributed by atoms with Crippen molar-refractivity contribution in [1.82, 2.24) is 9.80 Å². The minimum absolute atomic E-state index is 0.0528. The van der Waals surface area contributed by atoms with Crippen molar-refractivity contribution < 1.29 is 33.3 Å². The second-order valence-electron chi connectivity index (χ2n) is 9.52. The molecule has 0 aromatic heterocycles. The van der Waals surface area contributed by atoms with E-state index in [1.165, 1.54) is 4.90 Å². The van der Waals surface area contributed by atoms with Crippen molar-refractivity contribution in [3.8, 4) is 0 Å². The van der Waals surface area contributed by atoms with Crippen molar-refractivity contribution in [2.75, 3.05) is 52.7 Å². The molecule has 4 atom stereocenters. The lowest BCUT2D eigenvalue weighted by atomic mass is 9.80. The molecule has 4 aliphatic heterocycles. The maximum Gasteiger partial charge on any atom is 0.327 e. The van der Waals surface area contributed by atoms with Gasteiger partial charge < -0.3 is 28.6 Å². The van der Waals surface area contributed by atoms with Crippen LogP contribution in [0.1, 0.15) is 39.0 Å². The number of hydrogen-bond acceptors (Lipinski definition) is 7. The molecule has 1 saturated carbocycles. The number of amides is 3. The maximum absolute atomic E-state index is 13.6. The van der Waals surface area contributed by atoms with E-state index in [1.807, 2.05) is 6.92 Å². The van der Waals surface area contributed by atoms with Crippen LogP contribution >= 0.6 is 0 Å². The molecular weight excluding hydrogens is 392 g/mol. The van der Waals surface area contributed by atoms with Crippen molar-refractivity contribution in [3.63, 3.8) is 0 Å². The number of epoxide rings is 3. The molecule has 1 spiro atoms. The van der Waals surface area contributed by atoms with Gasteiger partial charge in [-0.2, -0.15) is 0 Å². The van der Waals surface area contributed by atoms with Gasteiger partial charge in [-0.3, -0.25) is 9.69 Å². The van der Waals surface area contributed by atoms with E-state index in [2.05, 4.69) is 0 Å². The predicted molar refractivity (Wildman–Crippen MR) is 104 cm³/mol. The molecule has 168 valence electrons. The van der Waals surface area contributed by atoms with Gasteiger partial charge in [0.25, 0.3) is 5.91 Å². The lowest BCUT2D eigenvalue weighted by molar-refractivity contribution is -0.141. The number of imide groups is 1. The minimum atomic E-state index is -0.798. The van der Waals surface area contributed by atoms with Crippen molar-refractivity contribution in [2.45, 2.75) is 68.5 Å². The fraction of sp³-hybridized carbons (Fsp3) is 0.905. The van der Waals surface area contributed by atoms with Crippen molar-refractivity contribution >= 4 is 11.9 Å². The number of rotatable bonds is 11. The number of carbonyl (C=O) groups excluding carboxylic acids is 2. The first kappa shape index (κ1) is 20.6. The van der Waals surface area contributed by atoms with Crippen LogP contribution in [0.3, 0.4) is 0 Å². The van der Waals surface area contributed by atoms with Gasteiger partial charge in [-0.1, -0.05) is 19.3 Å². The molecular formula is C21H32N2O7. The van der Waals surface area contributed by atoms with E-state index in [9.17, 15) is 9.59 Å². The highest BCUT2D eigenvalue weighted by atomic mass is 16.6. The van der Waals surface area contributed by atoms with E-state index >= 15 is 0 Å². The second kappa shape index (κ2) is 8.02. The van der Waals surface area contributed by atoms with Gasteiger partial charge in [-0.25, -0.2) is 4.79 Å². The molecule has 4 saturated heterocycles. The largest absolute Gasteiger partial charge is 0.376 e. The normalized spacial score (nSPS) is 33.8. The number of hydrogen-bond donors (Lipinski definition) is 0. The third kappa shape index (κ3) is 4.36. The Kier molecular flexibility index (Phi) is 5.51. The van der Waals surface area contributed by atoms with Crippen LogP contribution in [-0.4, -0.2) is 104 Å². The van der Waals surface area contributed by atoms with Gasteiger partial charge in [0, 0.05) is 0 Å². The fourth-order valence-electron chi connectivity index (χ4n) is 4.67. The quantitative estimate of drug-likeness (QED) is 0.360. The lowest BCUT2D eigenvalue weighted by Gasteiger charge is -2.38. The average Bonchev–Trinajstić information content (AvgIpc) is 3.61. The Morgan fingerprint density at radius 2 is 1.63 bits per heavy atom. The number of nitrogens with zero attached hydrogens (tertiary/aromatic N) is 2. The second-order valence-corrected chi connectivity index (χ2v) is 9.52. The van der Waals surface area contributed by atoms with E-state index in [0.717, 1.165) is 38.7 Å². The molecule has 3 amide bonds. The van der Waals surface area contributed by atoms with E-state index < -0.39 is 11.1 Å². The Morgan fingerprint density at radius 3 is 2.27 bits per heavy atom. The summed E-state index contributed by atoms with van der Waals surface area (Å²) in [7, 11) is 0. The summed E-state index contributed by atoms with van der Waals surface area (Å²) in [5.41, 5.74) is -1.52. The Bertz CT molecular complexity index is 670. The zero-order valence-electron chi connectivity index (χ0n) is 17.7. The first-order valence-corrected chi connectivity index (χ1v) is 11.2. The molecule has 5 rings (SSSR count). The summed E-state index contributed by atoms with van der Waals surface area (Å²) in [6.45, 7) is 5.85. The Morgan fingerprint density at radius 1 is 1.00 bits per heavy atom. The monoisotopic (exact) mass is 424 g/mol. The highest BCUT2D eigenvalue weighted by molar-refractivity contribution is 6.07. The summed E-state index contributed by atoms with van der Waals surface area (Å²) in [4.78, 5) is 30.2. The molecule has 9 nitrogen and oxygen atoms in total. The Labute approximate surface area is 176 Å². The van der Waals surface area contributed by atoms with E-state index in [4.69, 9.17) is 23.7 Å². The van der Waals surface area contributed by atoms with Crippen molar-refractivity contribution in [2.24, 2.45) is 0 Å². The van der Waals surface area contributed by atoms with Gasteiger partial charge in [0.05, 0.1) is 58.8 Å². The van der Waals surface area contributed by atoms with Crippen molar-refractivity contribution in [3.05, 3.63) is 0 Å². The van der Waals surface area contributed by atoms with Crippen LogP contribution in [0.5, 0.6) is 0 Å². The topological polar surface area (TPSA) is 96.7 Å². The molecule has 0 radical (unpaired) electrons.